The summed E-state index contributed by atoms with van der Waals surface area (Å²) in [7, 11) is 1.66. The number of rotatable bonds is 4. The van der Waals surface area contributed by atoms with Crippen LogP contribution in [0.1, 0.15) is 24.2 Å². The fraction of sp³-hybridized carbons (Fsp3) is 0.471. The normalized spacial score (nSPS) is 14.4. The van der Waals surface area contributed by atoms with E-state index in [1.165, 1.54) is 10.2 Å². The molecule has 2 aromatic rings. The second kappa shape index (κ2) is 6.81. The Morgan fingerprint density at radius 1 is 1.17 bits per heavy atom. The van der Waals surface area contributed by atoms with Crippen LogP contribution in [0.4, 0.5) is 0 Å². The second-order valence-corrected chi connectivity index (χ2v) is 5.94. The quantitative estimate of drug-likeness (QED) is 0.845. The summed E-state index contributed by atoms with van der Waals surface area (Å²) in [6, 6.07) is 10.2. The van der Waals surface area contributed by atoms with Crippen LogP contribution in [0.2, 0.25) is 0 Å². The molecule has 0 atom stereocenters. The maximum Gasteiger partial charge on any atom is 0.345 e. The van der Waals surface area contributed by atoms with E-state index in [1.54, 1.807) is 11.6 Å². The van der Waals surface area contributed by atoms with Crippen molar-refractivity contribution in [3.8, 4) is 0 Å². The summed E-state index contributed by atoms with van der Waals surface area (Å²) in [5.74, 6) is 0.945. The maximum absolute atomic E-state index is 12.4. The number of hydrogen-bond acceptors (Lipinski definition) is 3. The van der Waals surface area contributed by atoms with E-state index < -0.39 is 0 Å². The van der Waals surface area contributed by atoms with Crippen molar-refractivity contribution >= 4 is 5.91 Å². The number of benzene rings is 1. The standard InChI is InChI=1S/C17H22N4O2/c1-19-17(23)21-13-12-20(11-10-15(21)18-19)16(22)9-5-8-14-6-3-2-4-7-14/h2-4,6-7H,5,8-13H2,1H3. The lowest BCUT2D eigenvalue weighted by molar-refractivity contribution is -0.131. The lowest BCUT2D eigenvalue weighted by atomic mass is 10.1. The number of amides is 1. The molecule has 0 bridgehead atoms. The van der Waals surface area contributed by atoms with E-state index in [9.17, 15) is 9.59 Å². The molecule has 0 saturated heterocycles. The van der Waals surface area contributed by atoms with Crippen LogP contribution in [0.25, 0.3) is 0 Å². The highest BCUT2D eigenvalue weighted by atomic mass is 16.2. The lowest BCUT2D eigenvalue weighted by Crippen LogP contribution is -2.34. The lowest BCUT2D eigenvalue weighted by Gasteiger charge is -2.20. The Labute approximate surface area is 135 Å². The third kappa shape index (κ3) is 3.52. The number of carbonyl (C=O) groups is 1. The largest absolute Gasteiger partial charge is 0.345 e. The summed E-state index contributed by atoms with van der Waals surface area (Å²) in [5.41, 5.74) is 1.16. The Hall–Kier alpha value is -2.37. The van der Waals surface area contributed by atoms with Crippen molar-refractivity contribution in [2.24, 2.45) is 7.05 Å². The van der Waals surface area contributed by atoms with Crippen LogP contribution in [-0.4, -0.2) is 38.2 Å². The third-order valence-corrected chi connectivity index (χ3v) is 4.34. The molecule has 2 heterocycles. The molecule has 0 N–H and O–H groups in total. The summed E-state index contributed by atoms with van der Waals surface area (Å²) in [6.07, 6.45) is 2.96. The van der Waals surface area contributed by atoms with Crippen molar-refractivity contribution in [1.29, 1.82) is 0 Å². The molecular formula is C17H22N4O2. The predicted octanol–water partition coefficient (Wildman–Crippen LogP) is 0.989. The predicted molar refractivity (Wildman–Crippen MR) is 87.1 cm³/mol. The Balaban J connectivity index is 1.52. The third-order valence-electron chi connectivity index (χ3n) is 4.34. The van der Waals surface area contributed by atoms with Gasteiger partial charge in [0.2, 0.25) is 5.91 Å². The molecule has 3 rings (SSSR count). The van der Waals surface area contributed by atoms with Gasteiger partial charge in [-0.15, -0.1) is 0 Å². The highest BCUT2D eigenvalue weighted by Gasteiger charge is 2.21. The van der Waals surface area contributed by atoms with Crippen LogP contribution in [-0.2, 0) is 31.2 Å². The number of fused-ring (bicyclic) bond motifs is 1. The minimum atomic E-state index is -0.0987. The van der Waals surface area contributed by atoms with Crippen molar-refractivity contribution in [1.82, 2.24) is 19.2 Å². The molecule has 0 radical (unpaired) electrons. The SMILES string of the molecule is Cn1nc2n(c1=O)CCN(C(=O)CCCc1ccccc1)CC2. The van der Waals surface area contributed by atoms with Gasteiger partial charge in [0.1, 0.15) is 5.82 Å². The Morgan fingerprint density at radius 3 is 2.74 bits per heavy atom. The average molecular weight is 314 g/mol. The first-order chi connectivity index (χ1) is 11.1. The summed E-state index contributed by atoms with van der Waals surface area (Å²) >= 11 is 0. The van der Waals surface area contributed by atoms with E-state index in [0.29, 0.717) is 32.5 Å². The van der Waals surface area contributed by atoms with Crippen LogP contribution in [0.5, 0.6) is 0 Å². The summed E-state index contributed by atoms with van der Waals surface area (Å²) < 4.78 is 3.05. The van der Waals surface area contributed by atoms with E-state index in [2.05, 4.69) is 17.2 Å². The fourth-order valence-electron chi connectivity index (χ4n) is 3.03. The van der Waals surface area contributed by atoms with Gasteiger partial charge in [0.05, 0.1) is 0 Å². The molecule has 0 aliphatic carbocycles. The van der Waals surface area contributed by atoms with E-state index in [1.807, 2.05) is 23.1 Å². The van der Waals surface area contributed by atoms with Gasteiger partial charge in [-0.2, -0.15) is 5.10 Å². The monoisotopic (exact) mass is 314 g/mol. The molecule has 0 spiro atoms. The van der Waals surface area contributed by atoms with Gasteiger partial charge in [0.25, 0.3) is 0 Å². The van der Waals surface area contributed by atoms with Crippen molar-refractivity contribution in [3.05, 3.63) is 52.2 Å². The molecule has 1 aliphatic heterocycles. The number of nitrogens with zero attached hydrogens (tertiary/aromatic N) is 4. The van der Waals surface area contributed by atoms with Crippen LogP contribution >= 0.6 is 0 Å². The van der Waals surface area contributed by atoms with E-state index in [0.717, 1.165) is 18.7 Å². The Kier molecular flexibility index (Phi) is 4.60. The topological polar surface area (TPSA) is 60.1 Å². The van der Waals surface area contributed by atoms with Gasteiger partial charge in [0.15, 0.2) is 0 Å². The molecule has 1 aliphatic rings. The zero-order chi connectivity index (χ0) is 16.2. The number of aromatic nitrogens is 3. The number of aryl methyl sites for hydroxylation is 2. The molecule has 0 unspecified atom stereocenters. The van der Waals surface area contributed by atoms with Crippen molar-refractivity contribution in [3.63, 3.8) is 0 Å². The zero-order valence-electron chi connectivity index (χ0n) is 13.4. The van der Waals surface area contributed by atoms with E-state index >= 15 is 0 Å². The van der Waals surface area contributed by atoms with Crippen LogP contribution in [0.15, 0.2) is 35.1 Å². The minimum absolute atomic E-state index is 0.0987. The molecule has 6 heteroatoms. The molecule has 0 saturated carbocycles. The van der Waals surface area contributed by atoms with Gasteiger partial charge in [-0.1, -0.05) is 30.3 Å². The van der Waals surface area contributed by atoms with Crippen molar-refractivity contribution in [2.45, 2.75) is 32.2 Å². The van der Waals surface area contributed by atoms with Crippen molar-refractivity contribution < 1.29 is 4.79 Å². The summed E-state index contributed by atoms with van der Waals surface area (Å²) in [5, 5.41) is 4.24. The average Bonchev–Trinajstić information content (AvgIpc) is 2.73. The number of hydrogen-bond donors (Lipinski definition) is 0. The molecule has 23 heavy (non-hydrogen) atoms. The number of carbonyl (C=O) groups excluding carboxylic acids is 1. The van der Waals surface area contributed by atoms with Crippen LogP contribution in [0.3, 0.4) is 0 Å². The maximum atomic E-state index is 12.4. The highest BCUT2D eigenvalue weighted by molar-refractivity contribution is 5.76. The van der Waals surface area contributed by atoms with Gasteiger partial charge < -0.3 is 4.90 Å². The molecule has 6 nitrogen and oxygen atoms in total. The van der Waals surface area contributed by atoms with Gasteiger partial charge in [-0.05, 0) is 18.4 Å². The van der Waals surface area contributed by atoms with Crippen LogP contribution < -0.4 is 5.69 Å². The molecule has 1 aromatic heterocycles. The highest BCUT2D eigenvalue weighted by Crippen LogP contribution is 2.09. The van der Waals surface area contributed by atoms with Gasteiger partial charge in [-0.25, -0.2) is 9.48 Å². The van der Waals surface area contributed by atoms with Gasteiger partial charge in [0, 0.05) is 39.5 Å². The molecule has 1 aromatic carbocycles. The smallest absolute Gasteiger partial charge is 0.340 e. The summed E-state index contributed by atoms with van der Waals surface area (Å²) in [4.78, 5) is 26.2. The second-order valence-electron chi connectivity index (χ2n) is 5.94. The Bertz CT molecular complexity index is 733. The molecule has 1 amide bonds. The zero-order valence-corrected chi connectivity index (χ0v) is 13.4. The van der Waals surface area contributed by atoms with E-state index in [-0.39, 0.29) is 11.6 Å². The first-order valence-electron chi connectivity index (χ1n) is 8.09. The first-order valence-corrected chi connectivity index (χ1v) is 8.09. The van der Waals surface area contributed by atoms with Crippen molar-refractivity contribution in [2.75, 3.05) is 13.1 Å². The summed E-state index contributed by atoms with van der Waals surface area (Å²) in [6.45, 7) is 1.76. The Morgan fingerprint density at radius 2 is 1.96 bits per heavy atom. The molecular weight excluding hydrogens is 292 g/mol. The fourth-order valence-corrected chi connectivity index (χ4v) is 3.03. The van der Waals surface area contributed by atoms with Crippen LogP contribution in [0, 0.1) is 0 Å². The van der Waals surface area contributed by atoms with Gasteiger partial charge in [-0.3, -0.25) is 9.36 Å². The van der Waals surface area contributed by atoms with E-state index in [4.69, 9.17) is 0 Å². The van der Waals surface area contributed by atoms with Gasteiger partial charge >= 0.3 is 5.69 Å². The molecule has 0 fully saturated rings. The molecule has 122 valence electrons. The first kappa shape index (κ1) is 15.5. The minimum Gasteiger partial charge on any atom is -0.340 e.